The zero-order valence-electron chi connectivity index (χ0n) is 45.7. The number of aromatic nitrogens is 6. The summed E-state index contributed by atoms with van der Waals surface area (Å²) >= 11 is 0. The van der Waals surface area contributed by atoms with Crippen molar-refractivity contribution in [3.63, 3.8) is 0 Å². The number of sulfonamides is 1. The highest BCUT2D eigenvalue weighted by atomic mass is 35.7. The number of fused-ring (bicyclic) bond motifs is 6. The summed E-state index contributed by atoms with van der Waals surface area (Å²) in [5.41, 5.74) is 9.17. The number of nitrogens with one attached hydrogen (secondary N) is 4. The molecule has 6 aromatic rings. The molecule has 81 heavy (non-hydrogen) atoms. The third-order valence-corrected chi connectivity index (χ3v) is 18.9. The number of nitrogens with zero attached hydrogens (tertiary/aromatic N) is 7. The van der Waals surface area contributed by atoms with Crippen molar-refractivity contribution in [1.82, 2.24) is 44.0 Å². The Morgan fingerprint density at radius 2 is 1.04 bits per heavy atom. The number of hydrogen-bond acceptors (Lipinski definition) is 14. The second-order valence-corrected chi connectivity index (χ2v) is 28.3. The molecule has 2 spiro atoms. The van der Waals surface area contributed by atoms with Gasteiger partial charge < -0.3 is 39.9 Å². The van der Waals surface area contributed by atoms with E-state index in [1.165, 1.54) is 17.0 Å². The molecule has 14 rings (SSSR count). The van der Waals surface area contributed by atoms with Crippen LogP contribution < -0.4 is 30.7 Å². The van der Waals surface area contributed by atoms with Gasteiger partial charge in [0.2, 0.25) is 54.5 Å². The molecule has 428 valence electrons. The van der Waals surface area contributed by atoms with Crippen LogP contribution in [-0.2, 0) is 49.1 Å². The molecule has 0 unspecified atom stereocenters. The van der Waals surface area contributed by atoms with Crippen LogP contribution in [0.2, 0.25) is 0 Å². The van der Waals surface area contributed by atoms with Crippen LogP contribution in [-0.4, -0.2) is 125 Å². The van der Waals surface area contributed by atoms with Gasteiger partial charge in [0.1, 0.15) is 23.2 Å². The van der Waals surface area contributed by atoms with Crippen LogP contribution in [0.3, 0.4) is 0 Å². The van der Waals surface area contributed by atoms with Gasteiger partial charge in [-0.05, 0) is 101 Å². The highest BCUT2D eigenvalue weighted by Gasteiger charge is 2.50. The topological polar surface area (TPSA) is 268 Å². The quantitative estimate of drug-likeness (QED) is 0.0931. The first-order chi connectivity index (χ1) is 38.6. The number of ether oxygens (including phenoxy) is 2. The Morgan fingerprint density at radius 3 is 1.42 bits per heavy atom. The van der Waals surface area contributed by atoms with E-state index in [-0.39, 0.29) is 53.1 Å². The van der Waals surface area contributed by atoms with Crippen molar-refractivity contribution in [2.45, 2.75) is 132 Å². The number of hydrogen-bond donors (Lipinski definition) is 4. The second kappa shape index (κ2) is 20.9. The summed E-state index contributed by atoms with van der Waals surface area (Å²) in [5, 5.41) is 12.0. The third kappa shape index (κ3) is 10.9. The standard InChI is InChI=1S/C28H32N6O5S.C28H31N5O3.CH3ClO2S/c1-16(18-12-24(35)29-14-18)39-26-25-23(30-15-34(25)19-4-5-19)13-21(31-26)17-3-6-20-22(11-17)32-27(36)28(20)7-9-33(10-8-28)40(2,37)38;1-16(18-12-24(34)29-14-18)36-26-25-23(30-15-33(25)19-6-7-19)13-21(31-26)17-5-8-20-22(11-17)32-27(35)28(20)9-3-2-4-10-28;1-5(2,3)4/h3,6,11,13,15-16,18-19H,4-5,7-10,12,14H2,1-2H3,(H,29,35)(H,32,36);5,8,11,13,15-16,18-19H,2-4,6-7,9-10,12,14H2,1H3,(H,29,34)(H,32,35);1H3/t2*16-,18-;/m11./s1. The summed E-state index contributed by atoms with van der Waals surface area (Å²) in [6.45, 7) is 5.82. The van der Waals surface area contributed by atoms with Gasteiger partial charge in [-0.15, -0.1) is 0 Å². The van der Waals surface area contributed by atoms with E-state index in [2.05, 4.69) is 64.3 Å². The Balaban J connectivity index is 0.000000149. The SMILES string of the molecule is CS(=O)(=O)Cl.C[C@@H](Oc1nc(-c2ccc3c(c2)NC(=O)C32CCCCC2)cc2ncn(C3CC3)c12)[C@H]1CNC(=O)C1.C[C@@H](Oc1nc(-c2ccc3c(c2)NC(=O)C32CCN(S(C)(=O)=O)CC2)cc2ncn(C3CC3)c12)[C@H]1CNC(=O)C1. The minimum absolute atomic E-state index is 0.0373. The lowest BCUT2D eigenvalue weighted by atomic mass is 9.70. The van der Waals surface area contributed by atoms with Crippen LogP contribution in [0.25, 0.3) is 44.6 Å². The monoisotopic (exact) mass is 1160 g/mol. The van der Waals surface area contributed by atoms with Gasteiger partial charge in [-0.1, -0.05) is 43.5 Å². The van der Waals surface area contributed by atoms with Gasteiger partial charge in [-0.3, -0.25) is 19.2 Å². The maximum atomic E-state index is 13.2. The number of carbonyl (C=O) groups is 4. The average molecular weight is 1160 g/mol. The van der Waals surface area contributed by atoms with Crippen molar-refractivity contribution in [2.75, 3.05) is 49.3 Å². The fourth-order valence-corrected chi connectivity index (χ4v) is 13.6. The van der Waals surface area contributed by atoms with E-state index >= 15 is 0 Å². The summed E-state index contributed by atoms with van der Waals surface area (Å²) in [4.78, 5) is 69.2. The molecule has 4 atom stereocenters. The number of anilines is 2. The van der Waals surface area contributed by atoms with Crippen molar-refractivity contribution in [3.05, 3.63) is 72.3 Å². The van der Waals surface area contributed by atoms with Crippen molar-refractivity contribution >= 4 is 86.8 Å². The van der Waals surface area contributed by atoms with Crippen LogP contribution in [0.15, 0.2) is 61.2 Å². The molecule has 3 saturated heterocycles. The van der Waals surface area contributed by atoms with E-state index in [1.807, 2.05) is 56.8 Å². The lowest BCUT2D eigenvalue weighted by Gasteiger charge is -2.36. The van der Waals surface area contributed by atoms with Crippen LogP contribution in [0.1, 0.15) is 121 Å². The lowest BCUT2D eigenvalue weighted by molar-refractivity contribution is -0.122. The fraction of sp³-hybridized carbons (Fsp3) is 0.509. The molecule has 4 amide bonds. The number of carbonyl (C=O) groups excluding carboxylic acids is 4. The van der Waals surface area contributed by atoms with Gasteiger partial charge in [0.25, 0.3) is 0 Å². The van der Waals surface area contributed by atoms with Crippen LogP contribution in [0, 0.1) is 11.8 Å². The number of amides is 4. The minimum Gasteiger partial charge on any atom is -0.473 e. The number of benzene rings is 2. The molecule has 6 fully saturated rings. The minimum atomic E-state index is -3.30. The number of rotatable bonds is 11. The third-order valence-electron chi connectivity index (χ3n) is 17.6. The van der Waals surface area contributed by atoms with Gasteiger partial charge in [0.15, 0.2) is 0 Å². The van der Waals surface area contributed by atoms with E-state index < -0.39 is 24.5 Å². The van der Waals surface area contributed by atoms with E-state index in [0.717, 1.165) is 119 Å². The molecule has 24 heteroatoms. The molecule has 4 N–H and O–H groups in total. The largest absolute Gasteiger partial charge is 0.473 e. The number of halogens is 1. The molecule has 9 heterocycles. The predicted octanol–water partition coefficient (Wildman–Crippen LogP) is 7.26. The number of imidazole rings is 2. The summed E-state index contributed by atoms with van der Waals surface area (Å²) in [6.07, 6.45) is 17.0. The molecule has 0 bridgehead atoms. The molecule has 0 radical (unpaired) electrons. The summed E-state index contributed by atoms with van der Waals surface area (Å²) in [5.74, 6) is 1.39. The Kier molecular flexibility index (Phi) is 14.2. The second-order valence-electron chi connectivity index (χ2n) is 23.3. The Hall–Kier alpha value is -6.69. The molecule has 3 aliphatic carbocycles. The number of pyridine rings is 2. The van der Waals surface area contributed by atoms with E-state index in [4.69, 9.17) is 24.4 Å². The fourth-order valence-electron chi connectivity index (χ4n) is 12.8. The maximum Gasteiger partial charge on any atom is 0.241 e. The molecule has 3 saturated carbocycles. The lowest BCUT2D eigenvalue weighted by Crippen LogP contribution is -2.47. The van der Waals surface area contributed by atoms with Crippen molar-refractivity contribution in [1.29, 1.82) is 0 Å². The van der Waals surface area contributed by atoms with Crippen LogP contribution in [0.5, 0.6) is 11.8 Å². The normalized spacial score (nSPS) is 22.7. The van der Waals surface area contributed by atoms with Gasteiger partial charge in [-0.2, -0.15) is 0 Å². The van der Waals surface area contributed by atoms with Gasteiger partial charge in [-0.25, -0.2) is 41.1 Å². The molecule has 2 aromatic carbocycles. The highest BCUT2D eigenvalue weighted by Crippen LogP contribution is 2.50. The van der Waals surface area contributed by atoms with E-state index in [0.29, 0.717) is 81.4 Å². The van der Waals surface area contributed by atoms with Gasteiger partial charge >= 0.3 is 0 Å². The smallest absolute Gasteiger partial charge is 0.241 e. The Labute approximate surface area is 474 Å². The van der Waals surface area contributed by atoms with Crippen molar-refractivity contribution in [3.8, 4) is 34.3 Å². The molecule has 5 aliphatic heterocycles. The van der Waals surface area contributed by atoms with Crippen LogP contribution >= 0.6 is 10.7 Å². The first-order valence-corrected chi connectivity index (χ1v) is 32.6. The summed E-state index contributed by atoms with van der Waals surface area (Å²) in [6, 6.07) is 16.9. The first-order valence-electron chi connectivity index (χ1n) is 28.0. The average Bonchev–Trinajstić information content (AvgIpc) is 4.26. The predicted molar refractivity (Wildman–Crippen MR) is 305 cm³/mol. The van der Waals surface area contributed by atoms with E-state index in [9.17, 15) is 36.0 Å². The summed E-state index contributed by atoms with van der Waals surface area (Å²) < 4.78 is 61.5. The molecule has 4 aromatic heterocycles. The van der Waals surface area contributed by atoms with E-state index in [1.54, 1.807) is 0 Å². The Bertz CT molecular complexity index is 3760. The Morgan fingerprint density at radius 1 is 0.617 bits per heavy atom. The number of piperidine rings is 1. The maximum absolute atomic E-state index is 13.2. The molecule has 21 nitrogen and oxygen atoms in total. The molecule has 8 aliphatic rings. The van der Waals surface area contributed by atoms with Crippen molar-refractivity contribution in [2.24, 2.45) is 11.8 Å². The molecular weight excluding hydrogens is 1100 g/mol. The van der Waals surface area contributed by atoms with Crippen LogP contribution in [0.4, 0.5) is 11.4 Å². The molecular formula is C57H66ClN11O10S2. The summed E-state index contributed by atoms with van der Waals surface area (Å²) in [7, 11) is -1.99. The van der Waals surface area contributed by atoms with Crippen molar-refractivity contribution < 1.29 is 45.5 Å². The van der Waals surface area contributed by atoms with Gasteiger partial charge in [0, 0.05) is 96.1 Å². The highest BCUT2D eigenvalue weighted by molar-refractivity contribution is 8.13. The zero-order chi connectivity index (χ0) is 56.8. The first kappa shape index (κ1) is 54.9. The zero-order valence-corrected chi connectivity index (χ0v) is 48.1. The van der Waals surface area contributed by atoms with Gasteiger partial charge in [0.05, 0.1) is 58.4 Å².